The number of carbonyl (C=O) groups excluding carboxylic acids is 1. The molecule has 0 fully saturated rings. The van der Waals surface area contributed by atoms with Gasteiger partial charge >= 0.3 is 0 Å². The zero-order valence-electron chi connectivity index (χ0n) is 12.3. The van der Waals surface area contributed by atoms with Gasteiger partial charge in [0.25, 0.3) is 0 Å². The van der Waals surface area contributed by atoms with E-state index >= 15 is 0 Å². The summed E-state index contributed by atoms with van der Waals surface area (Å²) in [4.78, 5) is 18.1. The van der Waals surface area contributed by atoms with Crippen LogP contribution < -0.4 is 5.32 Å². The number of amides is 1. The standard InChI is InChI=1S/C17H20N2OS/c1-12-7-9-13(10-8-12)11-16(20)19-17-18-14-5-3-2-4-6-15(14)21-17/h7-10H,2-6,11H2,1H3,(H,18,19,20). The van der Waals surface area contributed by atoms with E-state index in [9.17, 15) is 4.79 Å². The molecule has 0 unspecified atom stereocenters. The molecule has 1 aliphatic rings. The van der Waals surface area contributed by atoms with Crippen LogP contribution in [-0.4, -0.2) is 10.9 Å². The summed E-state index contributed by atoms with van der Waals surface area (Å²) in [6.45, 7) is 2.05. The van der Waals surface area contributed by atoms with Gasteiger partial charge in [0.05, 0.1) is 12.1 Å². The van der Waals surface area contributed by atoms with E-state index in [1.807, 2.05) is 31.2 Å². The second-order valence-electron chi connectivity index (χ2n) is 5.66. The molecule has 0 saturated heterocycles. The molecule has 2 aromatic rings. The lowest BCUT2D eigenvalue weighted by Gasteiger charge is -2.02. The first kappa shape index (κ1) is 14.3. The molecule has 3 nitrogen and oxygen atoms in total. The second-order valence-corrected chi connectivity index (χ2v) is 6.74. The van der Waals surface area contributed by atoms with Gasteiger partial charge in [-0.05, 0) is 38.2 Å². The van der Waals surface area contributed by atoms with Crippen molar-refractivity contribution in [2.24, 2.45) is 0 Å². The van der Waals surface area contributed by atoms with Crippen molar-refractivity contribution in [2.75, 3.05) is 5.32 Å². The van der Waals surface area contributed by atoms with Crippen LogP contribution in [-0.2, 0) is 24.1 Å². The summed E-state index contributed by atoms with van der Waals surface area (Å²) in [7, 11) is 0. The smallest absolute Gasteiger partial charge is 0.230 e. The number of aryl methyl sites for hydroxylation is 3. The molecule has 0 radical (unpaired) electrons. The van der Waals surface area contributed by atoms with Crippen molar-refractivity contribution < 1.29 is 4.79 Å². The van der Waals surface area contributed by atoms with E-state index in [0.717, 1.165) is 23.5 Å². The van der Waals surface area contributed by atoms with Gasteiger partial charge < -0.3 is 5.32 Å². The van der Waals surface area contributed by atoms with E-state index in [1.165, 1.54) is 35.4 Å². The van der Waals surface area contributed by atoms with E-state index in [0.29, 0.717) is 6.42 Å². The normalized spacial score (nSPS) is 14.3. The summed E-state index contributed by atoms with van der Waals surface area (Å²) in [5.41, 5.74) is 3.45. The molecule has 21 heavy (non-hydrogen) atoms. The molecule has 1 amide bonds. The van der Waals surface area contributed by atoms with Gasteiger partial charge in [-0.3, -0.25) is 4.79 Å². The Morgan fingerprint density at radius 2 is 1.95 bits per heavy atom. The Morgan fingerprint density at radius 1 is 1.19 bits per heavy atom. The summed E-state index contributed by atoms with van der Waals surface area (Å²) in [5, 5.41) is 3.71. The van der Waals surface area contributed by atoms with Crippen molar-refractivity contribution in [3.63, 3.8) is 0 Å². The van der Waals surface area contributed by atoms with E-state index in [-0.39, 0.29) is 5.91 Å². The Bertz CT molecular complexity index is 607. The molecule has 0 saturated carbocycles. The van der Waals surface area contributed by atoms with Crippen molar-refractivity contribution in [2.45, 2.75) is 45.4 Å². The molecule has 0 spiro atoms. The quantitative estimate of drug-likeness (QED) is 0.873. The number of anilines is 1. The fourth-order valence-electron chi connectivity index (χ4n) is 2.64. The maximum Gasteiger partial charge on any atom is 0.230 e. The third-order valence-electron chi connectivity index (χ3n) is 3.83. The van der Waals surface area contributed by atoms with Gasteiger partial charge in [0.1, 0.15) is 0 Å². The average Bonchev–Trinajstić information content (AvgIpc) is 2.70. The molecule has 1 N–H and O–H groups in total. The van der Waals surface area contributed by atoms with Crippen LogP contribution in [0.15, 0.2) is 24.3 Å². The SMILES string of the molecule is Cc1ccc(CC(=O)Nc2nc3c(s2)CCCCC3)cc1. The van der Waals surface area contributed by atoms with Crippen LogP contribution in [0, 0.1) is 6.92 Å². The summed E-state index contributed by atoms with van der Waals surface area (Å²) in [6, 6.07) is 8.08. The fraction of sp³-hybridized carbons (Fsp3) is 0.412. The zero-order valence-corrected chi connectivity index (χ0v) is 13.1. The van der Waals surface area contributed by atoms with Crippen molar-refractivity contribution in [3.05, 3.63) is 46.0 Å². The van der Waals surface area contributed by atoms with Crippen molar-refractivity contribution in [1.29, 1.82) is 0 Å². The van der Waals surface area contributed by atoms with Gasteiger partial charge in [-0.1, -0.05) is 36.2 Å². The number of hydrogen-bond donors (Lipinski definition) is 1. The molecule has 4 heteroatoms. The molecule has 1 heterocycles. The number of rotatable bonds is 3. The van der Waals surface area contributed by atoms with E-state index in [4.69, 9.17) is 0 Å². The molecule has 3 rings (SSSR count). The van der Waals surface area contributed by atoms with Crippen LogP contribution in [0.25, 0.3) is 0 Å². The number of thiazole rings is 1. The zero-order chi connectivity index (χ0) is 14.7. The van der Waals surface area contributed by atoms with Gasteiger partial charge in [0.15, 0.2) is 5.13 Å². The highest BCUT2D eigenvalue weighted by molar-refractivity contribution is 7.15. The molecule has 0 bridgehead atoms. The lowest BCUT2D eigenvalue weighted by molar-refractivity contribution is -0.115. The first-order valence-corrected chi connectivity index (χ1v) is 8.36. The maximum atomic E-state index is 12.1. The van der Waals surface area contributed by atoms with Crippen molar-refractivity contribution in [3.8, 4) is 0 Å². The highest BCUT2D eigenvalue weighted by atomic mass is 32.1. The van der Waals surface area contributed by atoms with Crippen molar-refractivity contribution in [1.82, 2.24) is 4.98 Å². The monoisotopic (exact) mass is 300 g/mol. The minimum atomic E-state index is 0.0164. The molecule has 1 aromatic heterocycles. The number of carbonyl (C=O) groups is 1. The molecule has 110 valence electrons. The number of benzene rings is 1. The first-order valence-electron chi connectivity index (χ1n) is 7.55. The summed E-state index contributed by atoms with van der Waals surface area (Å²) in [5.74, 6) is 0.0164. The minimum absolute atomic E-state index is 0.0164. The van der Waals surface area contributed by atoms with Gasteiger partial charge in [-0.25, -0.2) is 4.98 Å². The molecular formula is C17H20N2OS. The molecular weight excluding hydrogens is 280 g/mol. The largest absolute Gasteiger partial charge is 0.302 e. The van der Waals surface area contributed by atoms with Crippen LogP contribution in [0.4, 0.5) is 5.13 Å². The van der Waals surface area contributed by atoms with Crippen LogP contribution in [0.3, 0.4) is 0 Å². The highest BCUT2D eigenvalue weighted by Crippen LogP contribution is 2.28. The number of nitrogens with one attached hydrogen (secondary N) is 1. The van der Waals surface area contributed by atoms with Gasteiger partial charge in [-0.2, -0.15) is 0 Å². The topological polar surface area (TPSA) is 42.0 Å². The Labute approximate surface area is 129 Å². The summed E-state index contributed by atoms with van der Waals surface area (Å²) >= 11 is 1.65. The number of fused-ring (bicyclic) bond motifs is 1. The van der Waals surface area contributed by atoms with E-state index < -0.39 is 0 Å². The predicted molar refractivity (Wildman–Crippen MR) is 86.9 cm³/mol. The molecule has 0 atom stereocenters. The predicted octanol–water partition coefficient (Wildman–Crippen LogP) is 3.90. The van der Waals surface area contributed by atoms with Crippen LogP contribution in [0.1, 0.15) is 41.0 Å². The summed E-state index contributed by atoms with van der Waals surface area (Å²) in [6.07, 6.45) is 6.32. The molecule has 1 aliphatic carbocycles. The molecule has 0 aliphatic heterocycles. The van der Waals surface area contributed by atoms with E-state index in [2.05, 4.69) is 10.3 Å². The third-order valence-corrected chi connectivity index (χ3v) is 4.90. The lowest BCUT2D eigenvalue weighted by atomic mass is 10.1. The third kappa shape index (κ3) is 3.70. The molecule has 1 aromatic carbocycles. The Hall–Kier alpha value is -1.68. The van der Waals surface area contributed by atoms with E-state index in [1.54, 1.807) is 11.3 Å². The maximum absolute atomic E-state index is 12.1. The second kappa shape index (κ2) is 6.39. The Kier molecular flexibility index (Phi) is 4.34. The van der Waals surface area contributed by atoms with Gasteiger partial charge in [0.2, 0.25) is 5.91 Å². The van der Waals surface area contributed by atoms with Gasteiger partial charge in [0, 0.05) is 4.88 Å². The lowest BCUT2D eigenvalue weighted by Crippen LogP contribution is -2.14. The number of aromatic nitrogens is 1. The minimum Gasteiger partial charge on any atom is -0.302 e. The summed E-state index contributed by atoms with van der Waals surface area (Å²) < 4.78 is 0. The van der Waals surface area contributed by atoms with Crippen molar-refractivity contribution >= 4 is 22.4 Å². The van der Waals surface area contributed by atoms with Crippen LogP contribution in [0.2, 0.25) is 0 Å². The highest BCUT2D eigenvalue weighted by Gasteiger charge is 2.15. The van der Waals surface area contributed by atoms with Crippen LogP contribution >= 0.6 is 11.3 Å². The van der Waals surface area contributed by atoms with Crippen LogP contribution in [0.5, 0.6) is 0 Å². The first-order chi connectivity index (χ1) is 10.2. The number of nitrogens with zero attached hydrogens (tertiary/aromatic N) is 1. The Morgan fingerprint density at radius 3 is 2.76 bits per heavy atom. The van der Waals surface area contributed by atoms with Gasteiger partial charge in [-0.15, -0.1) is 11.3 Å². The Balaban J connectivity index is 1.63. The fourth-order valence-corrected chi connectivity index (χ4v) is 3.70. The number of hydrogen-bond acceptors (Lipinski definition) is 3. The average molecular weight is 300 g/mol.